The molecular formula is C12H18F3NO3. The number of nitrogens with one attached hydrogen (secondary N) is 1. The van der Waals surface area contributed by atoms with Gasteiger partial charge in [0.1, 0.15) is 6.54 Å². The van der Waals surface area contributed by atoms with Gasteiger partial charge in [-0.25, -0.2) is 0 Å². The predicted molar refractivity (Wildman–Crippen MR) is 61.1 cm³/mol. The summed E-state index contributed by atoms with van der Waals surface area (Å²) in [6.07, 6.45) is -3.81. The Bertz CT molecular complexity index is 323. The van der Waals surface area contributed by atoms with E-state index in [2.05, 4.69) is 10.1 Å². The quantitative estimate of drug-likeness (QED) is 0.802. The number of hydrogen-bond acceptors (Lipinski definition) is 3. The average molecular weight is 281 g/mol. The van der Waals surface area contributed by atoms with Gasteiger partial charge < -0.3 is 10.1 Å². The fourth-order valence-corrected chi connectivity index (χ4v) is 2.20. The topological polar surface area (TPSA) is 55.4 Å². The van der Waals surface area contributed by atoms with Crippen molar-refractivity contribution in [2.24, 2.45) is 11.8 Å². The van der Waals surface area contributed by atoms with E-state index >= 15 is 0 Å². The molecule has 0 saturated heterocycles. The van der Waals surface area contributed by atoms with Gasteiger partial charge in [0.2, 0.25) is 5.91 Å². The van der Waals surface area contributed by atoms with Crippen molar-refractivity contribution >= 4 is 11.9 Å². The van der Waals surface area contributed by atoms with Crippen LogP contribution in [0, 0.1) is 11.8 Å². The Morgan fingerprint density at radius 3 is 2.26 bits per heavy atom. The SMILES string of the molecule is CCOC(=O)CNC(=O)C1CCC(C(F)(F)F)CC1. The maximum absolute atomic E-state index is 12.4. The number of alkyl halides is 3. The first-order valence-electron chi connectivity index (χ1n) is 6.34. The van der Waals surface area contributed by atoms with Crippen molar-refractivity contribution in [2.75, 3.05) is 13.2 Å². The Morgan fingerprint density at radius 2 is 1.79 bits per heavy atom. The van der Waals surface area contributed by atoms with E-state index in [0.29, 0.717) is 0 Å². The molecule has 0 aromatic carbocycles. The molecule has 4 nitrogen and oxygen atoms in total. The lowest BCUT2D eigenvalue weighted by Crippen LogP contribution is -2.38. The predicted octanol–water partition coefficient (Wildman–Crippen LogP) is 2.03. The molecule has 0 bridgehead atoms. The lowest BCUT2D eigenvalue weighted by molar-refractivity contribution is -0.184. The minimum Gasteiger partial charge on any atom is -0.465 e. The van der Waals surface area contributed by atoms with Crippen molar-refractivity contribution in [3.63, 3.8) is 0 Å². The normalized spacial score (nSPS) is 23.8. The third kappa shape index (κ3) is 5.08. The fraction of sp³-hybridized carbons (Fsp3) is 0.833. The maximum Gasteiger partial charge on any atom is 0.391 e. The Labute approximate surface area is 109 Å². The summed E-state index contributed by atoms with van der Waals surface area (Å²) in [6.45, 7) is 1.65. The second-order valence-corrected chi connectivity index (χ2v) is 4.61. The average Bonchev–Trinajstić information content (AvgIpc) is 2.35. The molecule has 19 heavy (non-hydrogen) atoms. The van der Waals surface area contributed by atoms with Crippen molar-refractivity contribution in [3.8, 4) is 0 Å². The van der Waals surface area contributed by atoms with Crippen molar-refractivity contribution in [1.29, 1.82) is 0 Å². The summed E-state index contributed by atoms with van der Waals surface area (Å²) in [4.78, 5) is 22.7. The van der Waals surface area contributed by atoms with E-state index in [1.165, 1.54) is 0 Å². The van der Waals surface area contributed by atoms with Gasteiger partial charge in [0.25, 0.3) is 0 Å². The first kappa shape index (κ1) is 15.8. The lowest BCUT2D eigenvalue weighted by Gasteiger charge is -2.28. The molecule has 1 N–H and O–H groups in total. The maximum atomic E-state index is 12.4. The first-order valence-corrected chi connectivity index (χ1v) is 6.34. The van der Waals surface area contributed by atoms with Crippen LogP contribution >= 0.6 is 0 Å². The summed E-state index contributed by atoms with van der Waals surface area (Å²) in [5.41, 5.74) is 0. The molecule has 1 aliphatic rings. The molecule has 0 aromatic rings. The molecule has 0 heterocycles. The van der Waals surface area contributed by atoms with E-state index in [1.807, 2.05) is 0 Å². The van der Waals surface area contributed by atoms with Crippen LogP contribution in [0.1, 0.15) is 32.6 Å². The number of carbonyl (C=O) groups excluding carboxylic acids is 2. The van der Waals surface area contributed by atoms with Gasteiger partial charge in [-0.2, -0.15) is 13.2 Å². The second kappa shape index (κ2) is 6.77. The molecule has 0 aromatic heterocycles. The molecule has 1 saturated carbocycles. The highest BCUT2D eigenvalue weighted by molar-refractivity contribution is 5.83. The molecule has 7 heteroatoms. The van der Waals surface area contributed by atoms with E-state index in [0.717, 1.165) is 0 Å². The summed E-state index contributed by atoms with van der Waals surface area (Å²) in [5, 5.41) is 2.40. The summed E-state index contributed by atoms with van der Waals surface area (Å²) >= 11 is 0. The second-order valence-electron chi connectivity index (χ2n) is 4.61. The summed E-state index contributed by atoms with van der Waals surface area (Å²) < 4.78 is 42.0. The third-order valence-electron chi connectivity index (χ3n) is 3.27. The summed E-state index contributed by atoms with van der Waals surface area (Å²) in [5.74, 6) is -2.65. The van der Waals surface area contributed by atoms with Gasteiger partial charge >= 0.3 is 12.1 Å². The van der Waals surface area contributed by atoms with Gasteiger partial charge in [0.15, 0.2) is 0 Å². The molecule has 0 radical (unpaired) electrons. The molecule has 1 amide bonds. The molecule has 0 spiro atoms. The van der Waals surface area contributed by atoms with Crippen LogP contribution in [0.5, 0.6) is 0 Å². The minimum atomic E-state index is -4.17. The summed E-state index contributed by atoms with van der Waals surface area (Å²) in [6, 6.07) is 0. The van der Waals surface area contributed by atoms with Crippen molar-refractivity contribution in [2.45, 2.75) is 38.8 Å². The zero-order valence-electron chi connectivity index (χ0n) is 10.8. The summed E-state index contributed by atoms with van der Waals surface area (Å²) in [7, 11) is 0. The van der Waals surface area contributed by atoms with Crippen LogP contribution in [0.25, 0.3) is 0 Å². The van der Waals surface area contributed by atoms with E-state index in [1.54, 1.807) is 6.92 Å². The molecule has 1 aliphatic carbocycles. The highest BCUT2D eigenvalue weighted by atomic mass is 19.4. The number of hydrogen-bond donors (Lipinski definition) is 1. The van der Waals surface area contributed by atoms with E-state index in [4.69, 9.17) is 0 Å². The lowest BCUT2D eigenvalue weighted by atomic mass is 9.81. The number of amides is 1. The molecule has 110 valence electrons. The third-order valence-corrected chi connectivity index (χ3v) is 3.27. The van der Waals surface area contributed by atoms with Crippen LogP contribution in [0.2, 0.25) is 0 Å². The molecule has 0 unspecified atom stereocenters. The Balaban J connectivity index is 2.31. The number of halogens is 3. The minimum absolute atomic E-state index is 0.0268. The molecule has 0 atom stereocenters. The monoisotopic (exact) mass is 281 g/mol. The molecule has 0 aliphatic heterocycles. The van der Waals surface area contributed by atoms with Gasteiger partial charge in [-0.1, -0.05) is 0 Å². The zero-order chi connectivity index (χ0) is 14.5. The fourth-order valence-electron chi connectivity index (χ4n) is 2.20. The number of esters is 1. The molecule has 1 fully saturated rings. The van der Waals surface area contributed by atoms with Gasteiger partial charge in [0.05, 0.1) is 12.5 Å². The number of rotatable bonds is 4. The van der Waals surface area contributed by atoms with Crippen LogP contribution in [0.3, 0.4) is 0 Å². The Hall–Kier alpha value is -1.27. The first-order chi connectivity index (χ1) is 8.84. The van der Waals surface area contributed by atoms with E-state index in [-0.39, 0.29) is 44.7 Å². The van der Waals surface area contributed by atoms with E-state index in [9.17, 15) is 22.8 Å². The standard InChI is InChI=1S/C12H18F3NO3/c1-2-19-10(17)7-16-11(18)8-3-5-9(6-4-8)12(13,14)15/h8-9H,2-7H2,1H3,(H,16,18). The number of ether oxygens (including phenoxy) is 1. The highest BCUT2D eigenvalue weighted by Gasteiger charge is 2.42. The zero-order valence-corrected chi connectivity index (χ0v) is 10.8. The van der Waals surface area contributed by atoms with Gasteiger partial charge in [-0.05, 0) is 32.6 Å². The van der Waals surface area contributed by atoms with E-state index < -0.39 is 24.0 Å². The largest absolute Gasteiger partial charge is 0.465 e. The smallest absolute Gasteiger partial charge is 0.391 e. The van der Waals surface area contributed by atoms with Crippen LogP contribution in [-0.2, 0) is 14.3 Å². The Morgan fingerprint density at radius 1 is 1.21 bits per heavy atom. The van der Waals surface area contributed by atoms with Gasteiger partial charge in [-0.15, -0.1) is 0 Å². The van der Waals surface area contributed by atoms with Gasteiger partial charge in [-0.3, -0.25) is 9.59 Å². The molecule has 1 rings (SSSR count). The molecular weight excluding hydrogens is 263 g/mol. The van der Waals surface area contributed by atoms with Crippen LogP contribution in [0.15, 0.2) is 0 Å². The van der Waals surface area contributed by atoms with Crippen molar-refractivity contribution < 1.29 is 27.5 Å². The van der Waals surface area contributed by atoms with Crippen molar-refractivity contribution in [3.05, 3.63) is 0 Å². The van der Waals surface area contributed by atoms with Crippen molar-refractivity contribution in [1.82, 2.24) is 5.32 Å². The highest BCUT2D eigenvalue weighted by Crippen LogP contribution is 2.39. The number of carbonyl (C=O) groups is 2. The van der Waals surface area contributed by atoms with Crippen LogP contribution in [0.4, 0.5) is 13.2 Å². The van der Waals surface area contributed by atoms with Gasteiger partial charge in [0, 0.05) is 5.92 Å². The van der Waals surface area contributed by atoms with Crippen LogP contribution < -0.4 is 5.32 Å². The van der Waals surface area contributed by atoms with Crippen LogP contribution in [-0.4, -0.2) is 31.2 Å². The Kier molecular flexibility index (Phi) is 5.62.